The topological polar surface area (TPSA) is 132 Å². The summed E-state index contributed by atoms with van der Waals surface area (Å²) >= 11 is 0. The number of carbonyl (C=O) groups is 2. The monoisotopic (exact) mass is 254 g/mol. The molecule has 0 saturated carbocycles. The van der Waals surface area contributed by atoms with Crippen LogP contribution in [-0.4, -0.2) is 37.1 Å². The summed E-state index contributed by atoms with van der Waals surface area (Å²) in [4.78, 5) is 40.0. The molecule has 0 aliphatic rings. The molecule has 0 fully saturated rings. The third kappa shape index (κ3) is 2.42. The van der Waals surface area contributed by atoms with Crippen LogP contribution in [0.1, 0.15) is 26.7 Å². The Balaban J connectivity index is 5.75. The fourth-order valence-electron chi connectivity index (χ4n) is 1.80. The quantitative estimate of drug-likeness (QED) is 0.401. The third-order valence-electron chi connectivity index (χ3n) is 2.84. The Labute approximate surface area is 92.3 Å². The molecule has 94 valence electrons. The molecule has 0 saturated heterocycles. The van der Waals surface area contributed by atoms with Gasteiger partial charge in [-0.15, -0.1) is 0 Å². The number of aliphatic carboxylic acids is 2. The minimum Gasteiger partial charge on any atom is -0.481 e. The first kappa shape index (κ1) is 15.1. The van der Waals surface area contributed by atoms with E-state index in [2.05, 4.69) is 0 Å². The second-order valence-electron chi connectivity index (χ2n) is 3.46. The summed E-state index contributed by atoms with van der Waals surface area (Å²) in [5, 5.41) is 15.5. The zero-order valence-corrected chi connectivity index (χ0v) is 9.85. The summed E-state index contributed by atoms with van der Waals surface area (Å²) in [5.74, 6) is -5.58. The first-order valence-corrected chi connectivity index (χ1v) is 6.26. The maximum absolute atomic E-state index is 11.3. The summed E-state index contributed by atoms with van der Waals surface area (Å²) < 4.78 is 11.3. The maximum atomic E-state index is 11.3. The Morgan fingerprint density at radius 1 is 1.12 bits per heavy atom. The molecule has 0 heterocycles. The number of hydrogen-bond donors (Lipinski definition) is 4. The second-order valence-corrected chi connectivity index (χ2v) is 5.44. The zero-order valence-electron chi connectivity index (χ0n) is 8.95. The molecule has 0 spiro atoms. The molecule has 0 aromatic carbocycles. The summed E-state index contributed by atoms with van der Waals surface area (Å²) in [6, 6.07) is 0. The Morgan fingerprint density at radius 2 is 1.44 bits per heavy atom. The fraction of sp³-hybridized carbons (Fsp3) is 0.750. The van der Waals surface area contributed by atoms with E-state index in [1.807, 2.05) is 0 Å². The van der Waals surface area contributed by atoms with Gasteiger partial charge in [0.1, 0.15) is 0 Å². The summed E-state index contributed by atoms with van der Waals surface area (Å²) in [6.07, 6.45) is -0.450. The highest BCUT2D eigenvalue weighted by Gasteiger charge is 2.56. The Morgan fingerprint density at radius 3 is 1.50 bits per heavy atom. The Kier molecular flexibility index (Phi) is 4.67. The van der Waals surface area contributed by atoms with Crippen molar-refractivity contribution in [1.82, 2.24) is 0 Å². The molecule has 0 atom stereocenters. The highest BCUT2D eigenvalue weighted by atomic mass is 31.2. The van der Waals surface area contributed by atoms with Gasteiger partial charge >= 0.3 is 19.5 Å². The van der Waals surface area contributed by atoms with Crippen molar-refractivity contribution >= 4 is 19.5 Å². The zero-order chi connectivity index (χ0) is 13.1. The number of rotatable bonds is 6. The lowest BCUT2D eigenvalue weighted by atomic mass is 9.86. The van der Waals surface area contributed by atoms with Gasteiger partial charge in [-0.1, -0.05) is 13.8 Å². The first-order valence-electron chi connectivity index (χ1n) is 4.65. The van der Waals surface area contributed by atoms with E-state index in [0.29, 0.717) is 0 Å². The molecule has 0 aromatic rings. The van der Waals surface area contributed by atoms with Crippen molar-refractivity contribution in [1.29, 1.82) is 0 Å². The summed E-state index contributed by atoms with van der Waals surface area (Å²) in [5.41, 5.74) is 0. The van der Waals surface area contributed by atoms with Crippen LogP contribution in [0.25, 0.3) is 0 Å². The molecule has 0 aromatic heterocycles. The Bertz CT molecular complexity index is 313. The van der Waals surface area contributed by atoms with E-state index >= 15 is 0 Å². The van der Waals surface area contributed by atoms with Gasteiger partial charge in [-0.2, -0.15) is 0 Å². The lowest BCUT2D eigenvalue weighted by molar-refractivity contribution is -0.157. The highest BCUT2D eigenvalue weighted by Crippen LogP contribution is 2.58. The summed E-state index contributed by atoms with van der Waals surface area (Å²) in [6.45, 7) is 2.73. The van der Waals surface area contributed by atoms with Gasteiger partial charge in [0.25, 0.3) is 0 Å². The molecule has 4 N–H and O–H groups in total. The van der Waals surface area contributed by atoms with Crippen LogP contribution in [0.2, 0.25) is 0 Å². The van der Waals surface area contributed by atoms with Crippen molar-refractivity contribution in [2.24, 2.45) is 5.92 Å². The predicted molar refractivity (Wildman–Crippen MR) is 54.1 cm³/mol. The lowest BCUT2D eigenvalue weighted by Crippen LogP contribution is -2.46. The molecular formula is C8H15O7P. The molecule has 0 aliphatic carbocycles. The number of carboxylic acid groups (broad SMARTS) is 2. The largest absolute Gasteiger partial charge is 0.481 e. The Hall–Kier alpha value is -0.910. The van der Waals surface area contributed by atoms with Gasteiger partial charge < -0.3 is 20.0 Å². The van der Waals surface area contributed by atoms with Crippen LogP contribution in [0.4, 0.5) is 0 Å². The molecule has 7 nitrogen and oxygen atoms in total. The predicted octanol–water partition coefficient (Wildman–Crippen LogP) is 0.508. The van der Waals surface area contributed by atoms with E-state index < -0.39 is 30.6 Å². The average molecular weight is 254 g/mol. The van der Waals surface area contributed by atoms with Gasteiger partial charge in [0.2, 0.25) is 0 Å². The van der Waals surface area contributed by atoms with Crippen molar-refractivity contribution in [2.75, 3.05) is 0 Å². The molecule has 0 unspecified atom stereocenters. The van der Waals surface area contributed by atoms with Crippen LogP contribution in [0.3, 0.4) is 0 Å². The van der Waals surface area contributed by atoms with Crippen LogP contribution in [0.15, 0.2) is 0 Å². The second kappa shape index (κ2) is 4.95. The van der Waals surface area contributed by atoms with Crippen LogP contribution < -0.4 is 0 Å². The fourth-order valence-corrected chi connectivity index (χ4v) is 3.18. The van der Waals surface area contributed by atoms with Crippen molar-refractivity contribution in [3.63, 3.8) is 0 Å². The van der Waals surface area contributed by atoms with Gasteiger partial charge in [-0.25, -0.2) is 0 Å². The first-order chi connectivity index (χ1) is 7.14. The average Bonchev–Trinajstić information content (AvgIpc) is 2.10. The van der Waals surface area contributed by atoms with Gasteiger partial charge in [-0.05, 0) is 12.8 Å². The van der Waals surface area contributed by atoms with E-state index in [1.54, 1.807) is 0 Å². The van der Waals surface area contributed by atoms with Crippen LogP contribution in [0, 0.1) is 5.92 Å². The number of carboxylic acids is 2. The lowest BCUT2D eigenvalue weighted by Gasteiger charge is -2.35. The summed E-state index contributed by atoms with van der Waals surface area (Å²) in [7, 11) is -4.83. The molecule has 0 bridgehead atoms. The SMILES string of the molecule is CCC(CC)(C(C(=O)O)C(=O)O)P(=O)(O)O. The van der Waals surface area contributed by atoms with Crippen molar-refractivity contribution in [3.8, 4) is 0 Å². The molecule has 0 amide bonds. The highest BCUT2D eigenvalue weighted by molar-refractivity contribution is 7.53. The van der Waals surface area contributed by atoms with Crippen molar-refractivity contribution < 1.29 is 34.2 Å². The normalized spacial score (nSPS) is 12.8. The third-order valence-corrected chi connectivity index (χ3v) is 4.89. The van der Waals surface area contributed by atoms with Gasteiger partial charge in [0.05, 0.1) is 5.16 Å². The van der Waals surface area contributed by atoms with Gasteiger partial charge in [0.15, 0.2) is 5.92 Å². The molecule has 16 heavy (non-hydrogen) atoms. The van der Waals surface area contributed by atoms with Crippen LogP contribution in [0.5, 0.6) is 0 Å². The minimum absolute atomic E-state index is 0.225. The van der Waals surface area contributed by atoms with Crippen molar-refractivity contribution in [3.05, 3.63) is 0 Å². The van der Waals surface area contributed by atoms with Gasteiger partial charge in [-0.3, -0.25) is 14.2 Å². The smallest absolute Gasteiger partial charge is 0.333 e. The van der Waals surface area contributed by atoms with Gasteiger partial charge in [0, 0.05) is 0 Å². The standard InChI is InChI=1S/C8H15O7P/c1-3-8(4-2,16(13,14)15)5(6(9)10)7(11)12/h5H,3-4H2,1-2H3,(H,9,10)(H,11,12)(H2,13,14,15). The van der Waals surface area contributed by atoms with E-state index in [4.69, 9.17) is 10.2 Å². The van der Waals surface area contributed by atoms with E-state index in [9.17, 15) is 23.9 Å². The van der Waals surface area contributed by atoms with E-state index in [1.165, 1.54) is 13.8 Å². The van der Waals surface area contributed by atoms with E-state index in [-0.39, 0.29) is 12.8 Å². The molecular weight excluding hydrogens is 239 g/mol. The van der Waals surface area contributed by atoms with Crippen molar-refractivity contribution in [2.45, 2.75) is 31.8 Å². The van der Waals surface area contributed by atoms with Crippen LogP contribution in [-0.2, 0) is 14.2 Å². The number of hydrogen-bond acceptors (Lipinski definition) is 3. The minimum atomic E-state index is -4.83. The molecule has 0 rings (SSSR count). The molecule has 0 aliphatic heterocycles. The maximum Gasteiger partial charge on any atom is 0.333 e. The molecule has 8 heteroatoms. The van der Waals surface area contributed by atoms with E-state index in [0.717, 1.165) is 0 Å². The molecule has 0 radical (unpaired) electrons. The van der Waals surface area contributed by atoms with Crippen LogP contribution >= 0.6 is 7.60 Å².